The van der Waals surface area contributed by atoms with Gasteiger partial charge in [0.2, 0.25) is 0 Å². The van der Waals surface area contributed by atoms with Crippen LogP contribution in [0, 0.1) is 18.2 Å². The van der Waals surface area contributed by atoms with Crippen LogP contribution in [-0.2, 0) is 0 Å². The van der Waals surface area contributed by atoms with E-state index in [2.05, 4.69) is 17.9 Å². The van der Waals surface area contributed by atoms with Gasteiger partial charge in [-0.2, -0.15) is 0 Å². The maximum absolute atomic E-state index is 9.10. The van der Waals surface area contributed by atoms with E-state index < -0.39 is 0 Å². The molecule has 3 nitrogen and oxygen atoms in total. The van der Waals surface area contributed by atoms with Gasteiger partial charge in [-0.25, -0.2) is 10.2 Å². The molecule has 0 aliphatic carbocycles. The lowest BCUT2D eigenvalue weighted by atomic mass is 9.40. The molecule has 0 aliphatic heterocycles. The molecule has 0 spiro atoms. The molecule has 86 valence electrons. The summed E-state index contributed by atoms with van der Waals surface area (Å²) in [6.07, 6.45) is 2.50. The Hall–Kier alpha value is -1.76. The van der Waals surface area contributed by atoms with Gasteiger partial charge in [-0.1, -0.05) is 20.2 Å². The summed E-state index contributed by atoms with van der Waals surface area (Å²) in [5.41, 5.74) is 3.77. The fourth-order valence-corrected chi connectivity index (χ4v) is 2.14. The minimum atomic E-state index is 0.0197. The zero-order valence-electron chi connectivity index (χ0n) is 10.4. The topological polar surface area (TPSA) is 49.8 Å². The monoisotopic (exact) mass is 226 g/mol. The van der Waals surface area contributed by atoms with Crippen LogP contribution in [0.4, 0.5) is 0 Å². The van der Waals surface area contributed by atoms with Crippen LogP contribution in [0.3, 0.4) is 0 Å². The van der Waals surface area contributed by atoms with E-state index in [1.807, 2.05) is 26.0 Å². The Kier molecular flexibility index (Phi) is 3.19. The summed E-state index contributed by atoms with van der Waals surface area (Å²) in [5.74, 6) is 2.50. The van der Waals surface area contributed by atoms with Gasteiger partial charge in [0.05, 0.1) is 6.26 Å². The van der Waals surface area contributed by atoms with Gasteiger partial charge in [-0.05, 0) is 24.4 Å². The number of furan rings is 1. The van der Waals surface area contributed by atoms with Crippen LogP contribution in [0.5, 0.6) is 0 Å². The highest BCUT2D eigenvalue weighted by molar-refractivity contribution is 6.68. The second kappa shape index (κ2) is 4.62. The molecule has 0 saturated heterocycles. The summed E-state index contributed by atoms with van der Waals surface area (Å²) >= 11 is 0. The average molecular weight is 226 g/mol. The van der Waals surface area contributed by atoms with Gasteiger partial charge in [0.15, 0.2) is 5.58 Å². The first-order chi connectivity index (χ1) is 8.17. The molecule has 2 rings (SSSR count). The lowest BCUT2D eigenvalue weighted by molar-refractivity contribution is 0.612. The lowest BCUT2D eigenvalue weighted by Crippen LogP contribution is -2.19. The molecule has 0 aromatic carbocycles. The highest BCUT2D eigenvalue weighted by Gasteiger charge is 2.23. The molecule has 0 radical (unpaired) electrons. The van der Waals surface area contributed by atoms with Crippen molar-refractivity contribution in [1.82, 2.24) is 4.98 Å². The van der Waals surface area contributed by atoms with E-state index >= 15 is 0 Å². The van der Waals surface area contributed by atoms with Crippen LogP contribution in [0.25, 0.3) is 11.1 Å². The van der Waals surface area contributed by atoms with E-state index in [1.165, 1.54) is 0 Å². The van der Waals surface area contributed by atoms with Crippen molar-refractivity contribution in [1.29, 1.82) is 5.26 Å². The largest absolute Gasteiger partial charge is 0.462 e. The van der Waals surface area contributed by atoms with Crippen molar-refractivity contribution in [2.75, 3.05) is 0 Å². The molecule has 17 heavy (non-hydrogen) atoms. The molecule has 0 N–H and O–H groups in total. The molecular formula is C13H15BN2O. The minimum Gasteiger partial charge on any atom is -0.462 e. The van der Waals surface area contributed by atoms with Gasteiger partial charge >= 0.3 is 0 Å². The van der Waals surface area contributed by atoms with Crippen LogP contribution >= 0.6 is 0 Å². The number of fused-ring (bicyclic) bond motifs is 1. The van der Waals surface area contributed by atoms with Gasteiger partial charge in [0.1, 0.15) is 5.52 Å². The molecule has 0 saturated carbocycles. The van der Waals surface area contributed by atoms with Crippen LogP contribution in [-0.4, -0.2) is 11.7 Å². The van der Waals surface area contributed by atoms with Crippen molar-refractivity contribution in [3.63, 3.8) is 0 Å². The third-order valence-electron chi connectivity index (χ3n) is 3.29. The van der Waals surface area contributed by atoms with Crippen molar-refractivity contribution in [3.05, 3.63) is 29.7 Å². The molecule has 4 heteroatoms. The van der Waals surface area contributed by atoms with Crippen molar-refractivity contribution >= 4 is 17.8 Å². The first-order valence-corrected chi connectivity index (χ1v) is 5.91. The molecule has 2 aromatic rings. The number of rotatable bonds is 3. The van der Waals surface area contributed by atoms with Gasteiger partial charge in [-0.15, -0.1) is 0 Å². The molecule has 0 aliphatic rings. The fourth-order valence-electron chi connectivity index (χ4n) is 2.14. The van der Waals surface area contributed by atoms with Crippen molar-refractivity contribution in [2.24, 2.45) is 0 Å². The smallest absolute Gasteiger partial charge is 0.276 e. The summed E-state index contributed by atoms with van der Waals surface area (Å²) < 4.78 is 5.37. The normalized spacial score (nSPS) is 12.4. The SMILES string of the molecule is CCB(C#N)C(C)c1cc(C)c2occc2n1. The predicted molar refractivity (Wildman–Crippen MR) is 69.0 cm³/mol. The van der Waals surface area contributed by atoms with E-state index in [-0.39, 0.29) is 12.5 Å². The number of nitrogens with zero attached hydrogens (tertiary/aromatic N) is 2. The van der Waals surface area contributed by atoms with Gasteiger partial charge in [0, 0.05) is 17.7 Å². The molecular weight excluding hydrogens is 211 g/mol. The highest BCUT2D eigenvalue weighted by atomic mass is 16.3. The Balaban J connectivity index is 2.45. The number of hydrogen-bond donors (Lipinski definition) is 0. The van der Waals surface area contributed by atoms with Crippen LogP contribution in [0.2, 0.25) is 6.32 Å². The number of pyridine rings is 1. The molecule has 1 atom stereocenters. The summed E-state index contributed by atoms with van der Waals surface area (Å²) in [4.78, 5) is 4.57. The maximum Gasteiger partial charge on any atom is 0.276 e. The molecule has 1 unspecified atom stereocenters. The Morgan fingerprint density at radius 3 is 3.00 bits per heavy atom. The molecule has 0 fully saturated rings. The Labute approximate surface area is 102 Å². The third kappa shape index (κ3) is 2.05. The van der Waals surface area contributed by atoms with Crippen molar-refractivity contribution in [2.45, 2.75) is 32.9 Å². The van der Waals surface area contributed by atoms with E-state index in [0.29, 0.717) is 0 Å². The highest BCUT2D eigenvalue weighted by Crippen LogP contribution is 2.24. The third-order valence-corrected chi connectivity index (χ3v) is 3.29. The Bertz CT molecular complexity index is 570. The Morgan fingerprint density at radius 1 is 1.59 bits per heavy atom. The molecule has 2 aromatic heterocycles. The van der Waals surface area contributed by atoms with Crippen LogP contribution < -0.4 is 0 Å². The number of aryl methyl sites for hydroxylation is 1. The first-order valence-electron chi connectivity index (χ1n) is 5.91. The van der Waals surface area contributed by atoms with Gasteiger partial charge < -0.3 is 4.42 Å². The molecule has 0 amide bonds. The van der Waals surface area contributed by atoms with Crippen molar-refractivity contribution < 1.29 is 4.42 Å². The van der Waals surface area contributed by atoms with E-state index in [1.54, 1.807) is 6.26 Å². The summed E-state index contributed by atoms with van der Waals surface area (Å²) in [6.45, 7) is 6.13. The van der Waals surface area contributed by atoms with Crippen LogP contribution in [0.1, 0.15) is 30.9 Å². The summed E-state index contributed by atoms with van der Waals surface area (Å²) in [6, 6.07) is 3.89. The number of aromatic nitrogens is 1. The predicted octanol–water partition coefficient (Wildman–Crippen LogP) is 3.36. The Morgan fingerprint density at radius 2 is 2.35 bits per heavy atom. The lowest BCUT2D eigenvalue weighted by Gasteiger charge is -2.13. The zero-order valence-corrected chi connectivity index (χ0v) is 10.4. The second-order valence-corrected chi connectivity index (χ2v) is 4.43. The van der Waals surface area contributed by atoms with Crippen molar-refractivity contribution in [3.8, 4) is 5.97 Å². The fraction of sp³-hybridized carbons (Fsp3) is 0.385. The summed E-state index contributed by atoms with van der Waals surface area (Å²) in [7, 11) is 0. The zero-order chi connectivity index (χ0) is 12.4. The maximum atomic E-state index is 9.10. The second-order valence-electron chi connectivity index (χ2n) is 4.43. The molecule has 2 heterocycles. The van der Waals surface area contributed by atoms with E-state index in [0.717, 1.165) is 28.7 Å². The summed E-state index contributed by atoms with van der Waals surface area (Å²) in [5, 5.41) is 9.10. The number of nitriles is 1. The minimum absolute atomic E-state index is 0.0197. The average Bonchev–Trinajstić information content (AvgIpc) is 2.79. The van der Waals surface area contributed by atoms with Crippen LogP contribution in [0.15, 0.2) is 22.8 Å². The standard InChI is InChI=1S/C13H15BN2O/c1-4-14(8-15)10(3)12-7-9(2)13-11(16-12)5-6-17-13/h5-7,10H,4H2,1-3H3. The molecule has 0 bridgehead atoms. The van der Waals surface area contributed by atoms with E-state index in [9.17, 15) is 0 Å². The van der Waals surface area contributed by atoms with E-state index in [4.69, 9.17) is 9.68 Å². The van der Waals surface area contributed by atoms with Gasteiger partial charge in [0.25, 0.3) is 6.71 Å². The number of hydrogen-bond acceptors (Lipinski definition) is 3. The quantitative estimate of drug-likeness (QED) is 0.754. The first kappa shape index (κ1) is 11.7. The van der Waals surface area contributed by atoms with Gasteiger partial charge in [-0.3, -0.25) is 0 Å².